The third kappa shape index (κ3) is 11.3. The summed E-state index contributed by atoms with van der Waals surface area (Å²) in [6.07, 6.45) is 8.01. The molecule has 21 heteroatoms. The Balaban J connectivity index is 1.27. The van der Waals surface area contributed by atoms with Crippen molar-refractivity contribution in [1.29, 1.82) is 0 Å². The molecule has 0 fully saturated rings. The number of nitrogens with one attached hydrogen (secondary N) is 2. The number of hydrogen-bond acceptors (Lipinski definition) is 14. The highest BCUT2D eigenvalue weighted by atomic mass is 16.5. The number of anilines is 1. The second kappa shape index (κ2) is 22.9. The molecule has 7 aromatic rings. The number of rotatable bonds is 25. The van der Waals surface area contributed by atoms with Crippen molar-refractivity contribution in [3.05, 3.63) is 83.0 Å². The molecule has 5 heterocycles. The Kier molecular flexibility index (Phi) is 16.3. The Morgan fingerprint density at radius 1 is 0.771 bits per heavy atom. The maximum absolute atomic E-state index is 13.9. The molecule has 0 aliphatic rings. The molecule has 4 N–H and O–H groups in total. The van der Waals surface area contributed by atoms with Gasteiger partial charge in [-0.1, -0.05) is 12.2 Å². The average molecular weight is 959 g/mol. The summed E-state index contributed by atoms with van der Waals surface area (Å²) in [5.74, 6) is -0.198. The molecule has 70 heavy (non-hydrogen) atoms. The minimum Gasteiger partial charge on any atom is -0.491 e. The number of amides is 3. The quantitative estimate of drug-likeness (QED) is 0.0268. The number of ether oxygens (including phenoxy) is 4. The Hall–Kier alpha value is -7.94. The Bertz CT molecular complexity index is 3090. The largest absolute Gasteiger partial charge is 0.491 e. The van der Waals surface area contributed by atoms with E-state index in [1.54, 1.807) is 48.3 Å². The maximum atomic E-state index is 13.9. The van der Waals surface area contributed by atoms with Gasteiger partial charge in [-0.05, 0) is 76.9 Å². The number of aromatic nitrogens is 9. The molecule has 0 aliphatic carbocycles. The van der Waals surface area contributed by atoms with Crippen molar-refractivity contribution in [2.24, 2.45) is 5.73 Å². The molecule has 0 unspecified atom stereocenters. The van der Waals surface area contributed by atoms with E-state index in [-0.39, 0.29) is 55.9 Å². The van der Waals surface area contributed by atoms with Gasteiger partial charge < -0.3 is 39.1 Å². The normalized spacial score (nSPS) is 11.5. The molecule has 7 rings (SSSR count). The number of aldehydes is 1. The van der Waals surface area contributed by atoms with Crippen molar-refractivity contribution >= 4 is 68.9 Å². The lowest BCUT2D eigenvalue weighted by Gasteiger charge is -2.13. The SMILES string of the molecule is CCn1nc(C)cc1C(=O)Nc1nc2cc(C=O)cc(OCCCOC)c2n1C/C=C/Cn1c2nc(-c3cc(C)nn3CC)ncc2c2cc(C(N)=O)cc(OCCCNC(=O)CCCC(=O)OC)c21. The summed E-state index contributed by atoms with van der Waals surface area (Å²) >= 11 is 0. The van der Waals surface area contributed by atoms with Crippen LogP contribution in [0.1, 0.15) is 88.5 Å². The number of esters is 1. The van der Waals surface area contributed by atoms with E-state index >= 15 is 0 Å². The molecule has 0 saturated heterocycles. The van der Waals surface area contributed by atoms with Crippen molar-refractivity contribution in [3.63, 3.8) is 0 Å². The number of primary amides is 1. The highest BCUT2D eigenvalue weighted by molar-refractivity contribution is 6.12. The van der Waals surface area contributed by atoms with Crippen LogP contribution in [0.2, 0.25) is 0 Å². The molecule has 368 valence electrons. The van der Waals surface area contributed by atoms with E-state index in [0.29, 0.717) is 119 Å². The molecule has 2 aromatic carbocycles. The van der Waals surface area contributed by atoms with Crippen molar-refractivity contribution in [1.82, 2.24) is 49.0 Å². The molecule has 5 aromatic heterocycles. The zero-order chi connectivity index (χ0) is 49.9. The van der Waals surface area contributed by atoms with E-state index in [4.69, 9.17) is 34.9 Å². The van der Waals surface area contributed by atoms with Gasteiger partial charge in [0.2, 0.25) is 17.8 Å². The number of fused-ring (bicyclic) bond motifs is 4. The van der Waals surface area contributed by atoms with Crippen LogP contribution in [0, 0.1) is 13.8 Å². The number of benzene rings is 2. The molecular weight excluding hydrogens is 901 g/mol. The molecule has 21 nitrogen and oxygen atoms in total. The minimum absolute atomic E-state index is 0.150. The third-order valence-corrected chi connectivity index (χ3v) is 11.4. The van der Waals surface area contributed by atoms with Crippen LogP contribution in [0.4, 0.5) is 5.95 Å². The summed E-state index contributed by atoms with van der Waals surface area (Å²) in [5.41, 5.74) is 11.2. The van der Waals surface area contributed by atoms with Crippen molar-refractivity contribution in [2.45, 2.75) is 86.0 Å². The number of allylic oxidation sites excluding steroid dienone is 2. The second-order valence-corrected chi connectivity index (χ2v) is 16.4. The number of methoxy groups -OCH3 is 2. The van der Waals surface area contributed by atoms with Crippen LogP contribution in [-0.4, -0.2) is 114 Å². The molecule has 3 amide bonds. The lowest BCUT2D eigenvalue weighted by molar-refractivity contribution is -0.140. The summed E-state index contributed by atoms with van der Waals surface area (Å²) < 4.78 is 29.8. The molecule has 0 radical (unpaired) electrons. The first-order valence-electron chi connectivity index (χ1n) is 23.1. The van der Waals surface area contributed by atoms with Crippen LogP contribution in [0.25, 0.3) is 44.5 Å². The van der Waals surface area contributed by atoms with Crippen LogP contribution >= 0.6 is 0 Å². The standard InChI is InChI=1S/C49H58N12O9/c1-7-60-37(22-30(3)56-60)46-52-28-35-34-26-33(45(50)65)27-40(69-20-12-16-51-41(63)14-11-15-42(64)68-6)43(34)58(47(35)54-46)17-9-10-18-59-44-36(24-32(29-62)25-39(44)70-21-13-19-67-5)53-49(59)55-48(66)38-23-31(4)57-61(38)8-2/h9-10,22-29H,7-8,11-21H2,1-6H3,(H2,50,65)(H,51,63)(H,53,55,66)/b10-9+. The minimum atomic E-state index is -0.654. The highest BCUT2D eigenvalue weighted by Gasteiger charge is 2.23. The predicted molar refractivity (Wildman–Crippen MR) is 261 cm³/mol. The fourth-order valence-electron chi connectivity index (χ4n) is 8.13. The van der Waals surface area contributed by atoms with Gasteiger partial charge in [0.25, 0.3) is 5.91 Å². The van der Waals surface area contributed by atoms with Gasteiger partial charge in [0, 0.05) is 93.8 Å². The van der Waals surface area contributed by atoms with E-state index in [0.717, 1.165) is 17.7 Å². The van der Waals surface area contributed by atoms with Gasteiger partial charge in [0.05, 0.1) is 42.7 Å². The molecular formula is C49H58N12O9. The first kappa shape index (κ1) is 50.0. The number of hydrogen-bond donors (Lipinski definition) is 3. The van der Waals surface area contributed by atoms with E-state index < -0.39 is 11.8 Å². The lowest BCUT2D eigenvalue weighted by Crippen LogP contribution is -2.25. The zero-order valence-corrected chi connectivity index (χ0v) is 40.2. The molecule has 0 bridgehead atoms. The zero-order valence-electron chi connectivity index (χ0n) is 40.2. The van der Waals surface area contributed by atoms with E-state index in [1.807, 2.05) is 59.7 Å². The van der Waals surface area contributed by atoms with Gasteiger partial charge in [-0.3, -0.25) is 38.7 Å². The summed E-state index contributed by atoms with van der Waals surface area (Å²) in [5, 5.41) is 16.2. The molecule has 0 aliphatic heterocycles. The topological polar surface area (TPSA) is 257 Å². The van der Waals surface area contributed by atoms with Crippen LogP contribution in [0.3, 0.4) is 0 Å². The van der Waals surface area contributed by atoms with E-state index in [9.17, 15) is 24.0 Å². The molecule has 0 spiro atoms. The number of carbonyl (C=O) groups excluding carboxylic acids is 5. The van der Waals surface area contributed by atoms with Crippen molar-refractivity contribution in [2.75, 3.05) is 45.9 Å². The van der Waals surface area contributed by atoms with Crippen molar-refractivity contribution < 1.29 is 42.9 Å². The molecule has 0 atom stereocenters. The van der Waals surface area contributed by atoms with Crippen LogP contribution in [-0.2, 0) is 45.2 Å². The van der Waals surface area contributed by atoms with Crippen LogP contribution in [0.5, 0.6) is 11.5 Å². The third-order valence-electron chi connectivity index (χ3n) is 11.4. The molecule has 0 saturated carbocycles. The van der Waals surface area contributed by atoms with E-state index in [2.05, 4.69) is 25.6 Å². The second-order valence-electron chi connectivity index (χ2n) is 16.4. The number of carbonyl (C=O) groups is 5. The number of nitrogens with zero attached hydrogens (tertiary/aromatic N) is 9. The van der Waals surface area contributed by atoms with Crippen molar-refractivity contribution in [3.8, 4) is 23.0 Å². The van der Waals surface area contributed by atoms with Gasteiger partial charge in [0.1, 0.15) is 40.3 Å². The van der Waals surface area contributed by atoms with Gasteiger partial charge in [-0.25, -0.2) is 15.0 Å². The first-order chi connectivity index (χ1) is 33.9. The summed E-state index contributed by atoms with van der Waals surface area (Å²) in [4.78, 5) is 77.4. The van der Waals surface area contributed by atoms with E-state index in [1.165, 1.54) is 7.11 Å². The average Bonchev–Trinajstić information content (AvgIpc) is 4.12. The summed E-state index contributed by atoms with van der Waals surface area (Å²) in [7, 11) is 2.92. The smallest absolute Gasteiger partial charge is 0.305 e. The monoisotopic (exact) mass is 958 g/mol. The maximum Gasteiger partial charge on any atom is 0.305 e. The number of nitrogens with two attached hydrogens (primary N) is 1. The fraction of sp³-hybridized carbons (Fsp3) is 0.388. The van der Waals surface area contributed by atoms with Crippen LogP contribution in [0.15, 0.2) is 54.7 Å². The van der Waals surface area contributed by atoms with Gasteiger partial charge >= 0.3 is 5.97 Å². The number of imidazole rings is 1. The summed E-state index contributed by atoms with van der Waals surface area (Å²) in [6.45, 7) is 10.4. The van der Waals surface area contributed by atoms with Gasteiger partial charge in [0.15, 0.2) is 5.82 Å². The van der Waals surface area contributed by atoms with Gasteiger partial charge in [-0.2, -0.15) is 10.2 Å². The Labute approximate surface area is 403 Å². The Morgan fingerprint density at radius 3 is 2.20 bits per heavy atom. The lowest BCUT2D eigenvalue weighted by atomic mass is 10.1. The van der Waals surface area contributed by atoms with Crippen LogP contribution < -0.4 is 25.8 Å². The van der Waals surface area contributed by atoms with Gasteiger partial charge in [-0.15, -0.1) is 0 Å². The highest BCUT2D eigenvalue weighted by Crippen LogP contribution is 2.37. The predicted octanol–water partition coefficient (Wildman–Crippen LogP) is 5.71. The first-order valence-corrected chi connectivity index (χ1v) is 23.1. The fourth-order valence-corrected chi connectivity index (χ4v) is 8.13. The summed E-state index contributed by atoms with van der Waals surface area (Å²) in [6, 6.07) is 10.2. The number of aryl methyl sites for hydroxylation is 4. The Morgan fingerprint density at radius 2 is 1.49 bits per heavy atom.